The first-order valence-corrected chi connectivity index (χ1v) is 6.23. The lowest BCUT2D eigenvalue weighted by Crippen LogP contribution is -2.29. The van der Waals surface area contributed by atoms with Crippen LogP contribution in [0, 0.1) is 0 Å². The highest BCUT2D eigenvalue weighted by Crippen LogP contribution is 2.03. The molecule has 0 unspecified atom stereocenters. The molecular formula is C6H11N3O2S2. The summed E-state index contributed by atoms with van der Waals surface area (Å²) < 4.78 is 24.6. The van der Waals surface area contributed by atoms with Crippen LogP contribution in [0.3, 0.4) is 0 Å². The predicted molar refractivity (Wildman–Crippen MR) is 51.8 cm³/mol. The summed E-state index contributed by atoms with van der Waals surface area (Å²) in [5.74, 6) is -0.0433. The van der Waals surface area contributed by atoms with Gasteiger partial charge in [0.1, 0.15) is 5.01 Å². The normalized spacial score (nSPS) is 11.8. The van der Waals surface area contributed by atoms with E-state index in [-0.39, 0.29) is 18.8 Å². The largest absolute Gasteiger partial charge is 0.329 e. The fourth-order valence-electron chi connectivity index (χ4n) is 0.739. The Bertz CT molecular complexity index is 333. The molecule has 13 heavy (non-hydrogen) atoms. The molecule has 0 radical (unpaired) electrons. The molecule has 3 N–H and O–H groups in total. The molecule has 0 atom stereocenters. The van der Waals surface area contributed by atoms with E-state index in [9.17, 15) is 8.42 Å². The molecule has 0 fully saturated rings. The van der Waals surface area contributed by atoms with E-state index in [1.807, 2.05) is 0 Å². The Kier molecular flexibility index (Phi) is 3.79. The van der Waals surface area contributed by atoms with Gasteiger partial charge in [0.25, 0.3) is 0 Å². The summed E-state index contributed by atoms with van der Waals surface area (Å²) in [6, 6.07) is 0. The zero-order valence-electron chi connectivity index (χ0n) is 6.93. The Morgan fingerprint density at radius 2 is 2.38 bits per heavy atom. The highest BCUT2D eigenvalue weighted by Gasteiger charge is 2.08. The van der Waals surface area contributed by atoms with Gasteiger partial charge < -0.3 is 5.73 Å². The maximum absolute atomic E-state index is 11.1. The first-order chi connectivity index (χ1) is 6.14. The number of hydrogen-bond acceptors (Lipinski definition) is 5. The topological polar surface area (TPSA) is 85.1 Å². The average Bonchev–Trinajstić information content (AvgIpc) is 2.52. The van der Waals surface area contributed by atoms with Crippen molar-refractivity contribution in [3.8, 4) is 0 Å². The van der Waals surface area contributed by atoms with E-state index in [4.69, 9.17) is 5.73 Å². The molecule has 74 valence electrons. The maximum atomic E-state index is 11.1. The van der Waals surface area contributed by atoms with Crippen molar-refractivity contribution in [3.05, 3.63) is 16.6 Å². The molecule has 0 aliphatic heterocycles. The minimum absolute atomic E-state index is 0.0433. The van der Waals surface area contributed by atoms with Gasteiger partial charge in [-0.25, -0.2) is 18.1 Å². The van der Waals surface area contributed by atoms with Crippen molar-refractivity contribution in [2.45, 2.75) is 6.54 Å². The van der Waals surface area contributed by atoms with E-state index >= 15 is 0 Å². The van der Waals surface area contributed by atoms with E-state index in [0.717, 1.165) is 5.01 Å². The molecule has 0 saturated carbocycles. The minimum atomic E-state index is -3.22. The Morgan fingerprint density at radius 1 is 1.62 bits per heavy atom. The van der Waals surface area contributed by atoms with E-state index in [1.54, 1.807) is 11.6 Å². The van der Waals surface area contributed by atoms with Gasteiger partial charge in [-0.15, -0.1) is 11.3 Å². The highest BCUT2D eigenvalue weighted by atomic mass is 32.2. The van der Waals surface area contributed by atoms with Crippen LogP contribution < -0.4 is 10.5 Å². The van der Waals surface area contributed by atoms with Gasteiger partial charge in [-0.05, 0) is 0 Å². The number of nitrogens with one attached hydrogen (secondary N) is 1. The number of rotatable bonds is 5. The van der Waals surface area contributed by atoms with Crippen LogP contribution in [0.25, 0.3) is 0 Å². The molecule has 7 heteroatoms. The quantitative estimate of drug-likeness (QED) is 0.703. The van der Waals surface area contributed by atoms with Gasteiger partial charge in [0.2, 0.25) is 10.0 Å². The Morgan fingerprint density at radius 3 is 2.92 bits per heavy atom. The molecule has 1 aromatic heterocycles. The minimum Gasteiger partial charge on any atom is -0.329 e. The second-order valence-electron chi connectivity index (χ2n) is 2.35. The molecular weight excluding hydrogens is 210 g/mol. The van der Waals surface area contributed by atoms with Gasteiger partial charge >= 0.3 is 0 Å². The lowest BCUT2D eigenvalue weighted by atomic mass is 10.7. The van der Waals surface area contributed by atoms with Gasteiger partial charge in [-0.2, -0.15) is 0 Å². The first kappa shape index (κ1) is 10.6. The Balaban J connectivity index is 2.43. The summed E-state index contributed by atoms with van der Waals surface area (Å²) in [6.07, 6.45) is 1.64. The summed E-state index contributed by atoms with van der Waals surface area (Å²) in [5.41, 5.74) is 5.13. The van der Waals surface area contributed by atoms with Gasteiger partial charge in [-0.3, -0.25) is 0 Å². The van der Waals surface area contributed by atoms with Gasteiger partial charge in [0.05, 0.1) is 12.3 Å². The number of nitrogens with two attached hydrogens (primary N) is 1. The van der Waals surface area contributed by atoms with Crippen molar-refractivity contribution in [1.82, 2.24) is 9.71 Å². The van der Waals surface area contributed by atoms with Crippen LogP contribution in [-0.2, 0) is 16.6 Å². The third-order valence-corrected chi connectivity index (χ3v) is 3.45. The van der Waals surface area contributed by atoms with Crippen LogP contribution in [0.15, 0.2) is 11.6 Å². The molecule has 0 aliphatic carbocycles. The second kappa shape index (κ2) is 4.66. The first-order valence-electron chi connectivity index (χ1n) is 3.70. The van der Waals surface area contributed by atoms with Crippen molar-refractivity contribution >= 4 is 21.4 Å². The smallest absolute Gasteiger partial charge is 0.213 e. The number of sulfonamides is 1. The third kappa shape index (κ3) is 3.81. The summed E-state index contributed by atoms with van der Waals surface area (Å²) in [5, 5.41) is 2.55. The zero-order valence-corrected chi connectivity index (χ0v) is 8.57. The second-order valence-corrected chi connectivity index (χ2v) is 5.26. The fraction of sp³-hybridized carbons (Fsp3) is 0.500. The van der Waals surface area contributed by atoms with Gasteiger partial charge in [0, 0.05) is 18.1 Å². The average molecular weight is 221 g/mol. The van der Waals surface area contributed by atoms with Crippen molar-refractivity contribution in [3.63, 3.8) is 0 Å². The van der Waals surface area contributed by atoms with E-state index in [0.29, 0.717) is 0 Å². The van der Waals surface area contributed by atoms with E-state index in [1.165, 1.54) is 11.3 Å². The highest BCUT2D eigenvalue weighted by molar-refractivity contribution is 7.89. The molecule has 0 aliphatic rings. The maximum Gasteiger partial charge on any atom is 0.213 e. The Labute approximate surface area is 81.0 Å². The molecule has 5 nitrogen and oxygen atoms in total. The number of thiazole rings is 1. The summed E-state index contributed by atoms with van der Waals surface area (Å²) in [4.78, 5) is 3.94. The standard InChI is InChI=1S/C6H11N3O2S2/c7-1-4-13(10,11)9-5-6-8-2-3-12-6/h2-3,9H,1,4-5,7H2. The molecule has 0 saturated heterocycles. The molecule has 1 heterocycles. The predicted octanol–water partition coefficient (Wildman–Crippen LogP) is -0.479. The van der Waals surface area contributed by atoms with Crippen LogP contribution >= 0.6 is 11.3 Å². The number of hydrogen-bond donors (Lipinski definition) is 2. The van der Waals surface area contributed by atoms with Crippen LogP contribution in [0.2, 0.25) is 0 Å². The number of aromatic nitrogens is 1. The zero-order chi connectivity index (χ0) is 9.73. The monoisotopic (exact) mass is 221 g/mol. The lowest BCUT2D eigenvalue weighted by Gasteiger charge is -2.02. The summed E-state index contributed by atoms with van der Waals surface area (Å²) >= 11 is 1.41. The lowest BCUT2D eigenvalue weighted by molar-refractivity contribution is 0.581. The fourth-order valence-corrected chi connectivity index (χ4v) is 2.20. The van der Waals surface area contributed by atoms with Crippen LogP contribution in [0.4, 0.5) is 0 Å². The molecule has 0 spiro atoms. The van der Waals surface area contributed by atoms with E-state index < -0.39 is 10.0 Å². The van der Waals surface area contributed by atoms with Crippen molar-refractivity contribution in [1.29, 1.82) is 0 Å². The van der Waals surface area contributed by atoms with Crippen molar-refractivity contribution < 1.29 is 8.42 Å². The van der Waals surface area contributed by atoms with E-state index in [2.05, 4.69) is 9.71 Å². The van der Waals surface area contributed by atoms with Crippen molar-refractivity contribution in [2.75, 3.05) is 12.3 Å². The Hall–Kier alpha value is -0.500. The molecule has 1 rings (SSSR count). The van der Waals surface area contributed by atoms with Gasteiger partial charge in [-0.1, -0.05) is 0 Å². The third-order valence-electron chi connectivity index (χ3n) is 1.31. The number of nitrogens with zero attached hydrogens (tertiary/aromatic N) is 1. The molecule has 0 aromatic carbocycles. The molecule has 0 bridgehead atoms. The van der Waals surface area contributed by atoms with Crippen LogP contribution in [-0.4, -0.2) is 25.7 Å². The van der Waals surface area contributed by atoms with Crippen LogP contribution in [0.5, 0.6) is 0 Å². The van der Waals surface area contributed by atoms with Crippen molar-refractivity contribution in [2.24, 2.45) is 5.73 Å². The van der Waals surface area contributed by atoms with Crippen LogP contribution in [0.1, 0.15) is 5.01 Å². The molecule has 1 aromatic rings. The molecule has 0 amide bonds. The van der Waals surface area contributed by atoms with Gasteiger partial charge in [0.15, 0.2) is 0 Å². The SMILES string of the molecule is NCCS(=O)(=O)NCc1nccs1. The summed E-state index contributed by atoms with van der Waals surface area (Å²) in [6.45, 7) is 0.382. The summed E-state index contributed by atoms with van der Waals surface area (Å²) in [7, 11) is -3.22.